The van der Waals surface area contributed by atoms with Crippen LogP contribution in [0.15, 0.2) is 15.0 Å². The fourth-order valence-corrected chi connectivity index (χ4v) is 1.91. The van der Waals surface area contributed by atoms with E-state index in [1.807, 2.05) is 0 Å². The largest absolute Gasteiger partial charge is 0.465 e. The van der Waals surface area contributed by atoms with Crippen molar-refractivity contribution in [3.05, 3.63) is 40.2 Å². The second-order valence-electron chi connectivity index (χ2n) is 4.45. The third kappa shape index (κ3) is 2.96. The summed E-state index contributed by atoms with van der Waals surface area (Å²) in [7, 11) is 1.28. The Hall–Kier alpha value is -2.57. The maximum atomic E-state index is 11.9. The van der Waals surface area contributed by atoms with Gasteiger partial charge in [-0.25, -0.2) is 9.59 Å². The number of nitrogens with zero attached hydrogens (tertiary/aromatic N) is 1. The maximum absolute atomic E-state index is 11.9. The van der Waals surface area contributed by atoms with Gasteiger partial charge in [-0.1, -0.05) is 5.16 Å². The first-order valence-corrected chi connectivity index (χ1v) is 6.21. The van der Waals surface area contributed by atoms with Gasteiger partial charge in [0.05, 0.1) is 12.8 Å². The van der Waals surface area contributed by atoms with Crippen LogP contribution >= 0.6 is 0 Å². The number of carbonyl (C=O) groups is 2. The number of ether oxygens (including phenoxy) is 2. The maximum Gasteiger partial charge on any atom is 0.344 e. The summed E-state index contributed by atoms with van der Waals surface area (Å²) in [5.41, 5.74) is 1.07. The summed E-state index contributed by atoms with van der Waals surface area (Å²) in [5, 5.41) is 3.68. The van der Waals surface area contributed by atoms with Crippen molar-refractivity contribution in [2.45, 2.75) is 27.4 Å². The van der Waals surface area contributed by atoms with Gasteiger partial charge in [0, 0.05) is 0 Å². The van der Waals surface area contributed by atoms with Gasteiger partial charge in [-0.15, -0.1) is 0 Å². The summed E-state index contributed by atoms with van der Waals surface area (Å²) in [6.45, 7) is 4.81. The molecule has 0 amide bonds. The second kappa shape index (κ2) is 5.82. The number of esters is 2. The molecule has 2 aromatic heterocycles. The minimum absolute atomic E-state index is 0.0965. The summed E-state index contributed by atoms with van der Waals surface area (Å²) in [6, 6.07) is 1.49. The van der Waals surface area contributed by atoms with Gasteiger partial charge in [-0.3, -0.25) is 0 Å². The van der Waals surface area contributed by atoms with Crippen LogP contribution in [0.2, 0.25) is 0 Å². The van der Waals surface area contributed by atoms with E-state index in [4.69, 9.17) is 13.7 Å². The third-order valence-corrected chi connectivity index (χ3v) is 2.96. The van der Waals surface area contributed by atoms with Gasteiger partial charge in [-0.05, 0) is 26.8 Å². The molecule has 2 rings (SSSR count). The van der Waals surface area contributed by atoms with Crippen LogP contribution in [0.4, 0.5) is 0 Å². The molecule has 7 heteroatoms. The lowest BCUT2D eigenvalue weighted by Gasteiger charge is -2.01. The first-order valence-electron chi connectivity index (χ1n) is 6.21. The lowest BCUT2D eigenvalue weighted by atomic mass is 10.2. The van der Waals surface area contributed by atoms with Crippen LogP contribution in [-0.2, 0) is 16.1 Å². The molecule has 0 fully saturated rings. The van der Waals surface area contributed by atoms with E-state index in [0.29, 0.717) is 34.1 Å². The molecule has 0 atom stereocenters. The molecule has 0 aromatic carbocycles. The molecule has 0 unspecified atom stereocenters. The SMILES string of the molecule is COC(=O)c1cc(COC(=O)c2c(C)noc2C)oc1C. The zero-order chi connectivity index (χ0) is 15.6. The lowest BCUT2D eigenvalue weighted by Crippen LogP contribution is -2.07. The molecule has 112 valence electrons. The van der Waals surface area contributed by atoms with Crippen molar-refractivity contribution in [1.29, 1.82) is 0 Å². The van der Waals surface area contributed by atoms with Gasteiger partial charge in [-0.2, -0.15) is 0 Å². The Kier molecular flexibility index (Phi) is 4.11. The highest BCUT2D eigenvalue weighted by Gasteiger charge is 2.20. The lowest BCUT2D eigenvalue weighted by molar-refractivity contribution is 0.0441. The van der Waals surface area contributed by atoms with Gasteiger partial charge < -0.3 is 18.4 Å². The van der Waals surface area contributed by atoms with Crippen molar-refractivity contribution in [2.24, 2.45) is 0 Å². The summed E-state index contributed by atoms with van der Waals surface area (Å²) in [6.07, 6.45) is 0. The molecule has 0 radical (unpaired) electrons. The zero-order valence-electron chi connectivity index (χ0n) is 12.2. The van der Waals surface area contributed by atoms with Crippen LogP contribution in [0, 0.1) is 20.8 Å². The van der Waals surface area contributed by atoms with Crippen LogP contribution in [0.3, 0.4) is 0 Å². The molecule has 2 heterocycles. The van der Waals surface area contributed by atoms with Crippen LogP contribution < -0.4 is 0 Å². The normalized spacial score (nSPS) is 10.5. The van der Waals surface area contributed by atoms with E-state index in [-0.39, 0.29) is 6.61 Å². The zero-order valence-corrected chi connectivity index (χ0v) is 12.2. The van der Waals surface area contributed by atoms with E-state index in [1.54, 1.807) is 20.8 Å². The van der Waals surface area contributed by atoms with E-state index in [1.165, 1.54) is 13.2 Å². The number of carbonyl (C=O) groups excluding carboxylic acids is 2. The average Bonchev–Trinajstić information content (AvgIpc) is 2.98. The predicted octanol–water partition coefficient (Wildman–Crippen LogP) is 2.34. The van der Waals surface area contributed by atoms with Crippen LogP contribution in [0.1, 0.15) is 43.7 Å². The average molecular weight is 293 g/mol. The molecule has 0 N–H and O–H groups in total. The van der Waals surface area contributed by atoms with Gasteiger partial charge >= 0.3 is 11.9 Å². The molecule has 0 bridgehead atoms. The highest BCUT2D eigenvalue weighted by Crippen LogP contribution is 2.18. The molecule has 0 saturated heterocycles. The molecule has 0 saturated carbocycles. The summed E-state index contributed by atoms with van der Waals surface area (Å²) in [4.78, 5) is 23.4. The number of aryl methyl sites for hydroxylation is 3. The van der Waals surface area contributed by atoms with Crippen LogP contribution in [0.5, 0.6) is 0 Å². The summed E-state index contributed by atoms with van der Waals surface area (Å²) >= 11 is 0. The number of hydrogen-bond donors (Lipinski definition) is 0. The van der Waals surface area contributed by atoms with Crippen LogP contribution in [0.25, 0.3) is 0 Å². The highest BCUT2D eigenvalue weighted by atomic mass is 16.5. The van der Waals surface area contributed by atoms with Gasteiger partial charge in [0.15, 0.2) is 0 Å². The van der Waals surface area contributed by atoms with Crippen molar-refractivity contribution < 1.29 is 28.0 Å². The Morgan fingerprint density at radius 3 is 2.48 bits per heavy atom. The van der Waals surface area contributed by atoms with Crippen molar-refractivity contribution in [3.8, 4) is 0 Å². The number of methoxy groups -OCH3 is 1. The van der Waals surface area contributed by atoms with Crippen molar-refractivity contribution in [2.75, 3.05) is 7.11 Å². The topological polar surface area (TPSA) is 91.8 Å². The minimum atomic E-state index is -0.556. The Balaban J connectivity index is 2.07. The van der Waals surface area contributed by atoms with Gasteiger partial charge in [0.1, 0.15) is 35.0 Å². The van der Waals surface area contributed by atoms with E-state index in [0.717, 1.165) is 0 Å². The Bertz CT molecular complexity index is 662. The molecular formula is C14H15NO6. The predicted molar refractivity (Wildman–Crippen MR) is 69.9 cm³/mol. The Labute approximate surface area is 120 Å². The molecule has 2 aromatic rings. The van der Waals surface area contributed by atoms with E-state index in [2.05, 4.69) is 9.89 Å². The van der Waals surface area contributed by atoms with Gasteiger partial charge in [0.25, 0.3) is 0 Å². The first kappa shape index (κ1) is 14.8. The first-order chi connectivity index (χ1) is 9.93. The fourth-order valence-electron chi connectivity index (χ4n) is 1.91. The third-order valence-electron chi connectivity index (χ3n) is 2.96. The standard InChI is InChI=1S/C14H15NO6/c1-7-12(9(3)21-15-7)14(17)19-6-10-5-11(8(2)20-10)13(16)18-4/h5H,6H2,1-4H3. The summed E-state index contributed by atoms with van der Waals surface area (Å²) < 4.78 is 20.0. The number of furan rings is 1. The highest BCUT2D eigenvalue weighted by molar-refractivity contribution is 5.92. The van der Waals surface area contributed by atoms with Gasteiger partial charge in [0.2, 0.25) is 0 Å². The minimum Gasteiger partial charge on any atom is -0.465 e. The Morgan fingerprint density at radius 1 is 1.19 bits per heavy atom. The number of rotatable bonds is 4. The van der Waals surface area contributed by atoms with Crippen LogP contribution in [-0.4, -0.2) is 24.2 Å². The number of hydrogen-bond acceptors (Lipinski definition) is 7. The Morgan fingerprint density at radius 2 is 1.90 bits per heavy atom. The number of aromatic nitrogens is 1. The van der Waals surface area contributed by atoms with E-state index in [9.17, 15) is 9.59 Å². The molecular weight excluding hydrogens is 278 g/mol. The molecule has 0 aliphatic rings. The molecule has 0 spiro atoms. The molecule has 0 aliphatic carbocycles. The fraction of sp³-hybridized carbons (Fsp3) is 0.357. The molecule has 0 aliphatic heterocycles. The quantitative estimate of drug-likeness (QED) is 0.799. The van der Waals surface area contributed by atoms with E-state index >= 15 is 0 Å². The monoisotopic (exact) mass is 293 g/mol. The smallest absolute Gasteiger partial charge is 0.344 e. The molecule has 21 heavy (non-hydrogen) atoms. The van der Waals surface area contributed by atoms with Crippen molar-refractivity contribution in [1.82, 2.24) is 5.16 Å². The molecule has 7 nitrogen and oxygen atoms in total. The van der Waals surface area contributed by atoms with E-state index < -0.39 is 11.9 Å². The second-order valence-corrected chi connectivity index (χ2v) is 4.45. The van der Waals surface area contributed by atoms with Crippen molar-refractivity contribution >= 4 is 11.9 Å². The summed E-state index contributed by atoms with van der Waals surface area (Å²) in [5.74, 6) is 0.0982. The van der Waals surface area contributed by atoms with Crippen molar-refractivity contribution in [3.63, 3.8) is 0 Å².